The number of rotatable bonds is 6. The zero-order chi connectivity index (χ0) is 23.1. The fraction of sp³-hybridized carbons (Fsp3) is 0.286. The number of hydrogen-bond acceptors (Lipinski definition) is 4. The van der Waals surface area contributed by atoms with Gasteiger partial charge >= 0.3 is 0 Å². The molecule has 6 heteroatoms. The van der Waals surface area contributed by atoms with Crippen molar-refractivity contribution >= 4 is 22.4 Å². The van der Waals surface area contributed by atoms with Crippen LogP contribution in [0.4, 0.5) is 5.69 Å². The van der Waals surface area contributed by atoms with E-state index in [1.54, 1.807) is 7.11 Å². The molecule has 0 aliphatic carbocycles. The van der Waals surface area contributed by atoms with Gasteiger partial charge in [0.15, 0.2) is 0 Å². The van der Waals surface area contributed by atoms with Crippen molar-refractivity contribution in [3.63, 3.8) is 0 Å². The molecule has 0 unspecified atom stereocenters. The van der Waals surface area contributed by atoms with Gasteiger partial charge in [0.2, 0.25) is 0 Å². The maximum absolute atomic E-state index is 13.3. The van der Waals surface area contributed by atoms with E-state index >= 15 is 0 Å². The second-order valence-electron chi connectivity index (χ2n) is 9.17. The maximum atomic E-state index is 13.3. The quantitative estimate of drug-likeness (QED) is 0.460. The van der Waals surface area contributed by atoms with Crippen molar-refractivity contribution in [2.45, 2.75) is 31.8 Å². The highest BCUT2D eigenvalue weighted by Gasteiger charge is 2.30. The van der Waals surface area contributed by atoms with Crippen molar-refractivity contribution in [1.29, 1.82) is 0 Å². The minimum atomic E-state index is 0.0563. The number of carbonyl (C=O) groups excluding carboxylic acids is 1. The Hall–Kier alpha value is -3.64. The van der Waals surface area contributed by atoms with Crippen molar-refractivity contribution in [1.82, 2.24) is 15.1 Å². The van der Waals surface area contributed by atoms with E-state index in [4.69, 9.17) is 9.84 Å². The van der Waals surface area contributed by atoms with Crippen LogP contribution in [0.5, 0.6) is 5.75 Å². The number of nitrogens with zero attached hydrogens (tertiary/aromatic N) is 3. The molecule has 2 aliphatic rings. The monoisotopic (exact) mass is 452 g/mol. The Balaban J connectivity index is 1.30. The number of nitrogens with one attached hydrogen (secondary N) is 1. The lowest BCUT2D eigenvalue weighted by molar-refractivity contribution is 0.0991. The summed E-state index contributed by atoms with van der Waals surface area (Å²) in [5.74, 6) is 1.41. The Labute approximate surface area is 199 Å². The van der Waals surface area contributed by atoms with E-state index < -0.39 is 0 Å². The molecule has 6 nitrogen and oxygen atoms in total. The fourth-order valence-electron chi connectivity index (χ4n) is 5.29. The van der Waals surface area contributed by atoms with Crippen molar-refractivity contribution < 1.29 is 9.53 Å². The largest absolute Gasteiger partial charge is 0.497 e. The van der Waals surface area contributed by atoms with Gasteiger partial charge < -0.3 is 15.0 Å². The number of carbonyl (C=O) groups is 1. The van der Waals surface area contributed by atoms with Crippen LogP contribution in [0.3, 0.4) is 0 Å². The lowest BCUT2D eigenvalue weighted by Gasteiger charge is -2.20. The van der Waals surface area contributed by atoms with Crippen LogP contribution in [0, 0.1) is 0 Å². The molecule has 0 spiro atoms. The number of piperidine rings is 1. The molecule has 1 N–H and O–H groups in total. The van der Waals surface area contributed by atoms with Crippen LogP contribution >= 0.6 is 0 Å². The van der Waals surface area contributed by atoms with E-state index in [1.165, 1.54) is 11.3 Å². The molecule has 2 aliphatic heterocycles. The Morgan fingerprint density at radius 3 is 2.62 bits per heavy atom. The zero-order valence-corrected chi connectivity index (χ0v) is 19.3. The second-order valence-corrected chi connectivity index (χ2v) is 9.17. The van der Waals surface area contributed by atoms with Crippen LogP contribution < -0.4 is 15.0 Å². The lowest BCUT2D eigenvalue weighted by Crippen LogP contribution is -2.26. The minimum absolute atomic E-state index is 0.0563. The van der Waals surface area contributed by atoms with E-state index in [0.29, 0.717) is 19.0 Å². The number of hydrogen-bond donors (Lipinski definition) is 1. The van der Waals surface area contributed by atoms with Crippen molar-refractivity contribution in [3.05, 3.63) is 89.2 Å². The Bertz CT molecular complexity index is 1350. The summed E-state index contributed by atoms with van der Waals surface area (Å²) in [5.41, 5.74) is 5.19. The molecule has 0 saturated carbocycles. The number of benzene rings is 3. The van der Waals surface area contributed by atoms with E-state index in [-0.39, 0.29) is 5.91 Å². The number of amides is 1. The van der Waals surface area contributed by atoms with E-state index in [9.17, 15) is 4.79 Å². The zero-order valence-electron chi connectivity index (χ0n) is 19.3. The molecule has 4 aromatic rings. The summed E-state index contributed by atoms with van der Waals surface area (Å²) in [6.45, 7) is 3.35. The molecule has 3 heterocycles. The molecular formula is C28H28N4O2. The molecule has 1 saturated heterocycles. The first-order valence-corrected chi connectivity index (χ1v) is 11.9. The third-order valence-electron chi connectivity index (χ3n) is 7.13. The SMILES string of the molecule is COc1ccc(CN2C(=O)c3cccc4c(Cn5ccc(C6CCNCC6)n5)ccc2c34)cc1. The summed E-state index contributed by atoms with van der Waals surface area (Å²) >= 11 is 0. The van der Waals surface area contributed by atoms with Gasteiger partial charge in [-0.1, -0.05) is 30.3 Å². The summed E-state index contributed by atoms with van der Waals surface area (Å²) < 4.78 is 7.30. The standard InChI is InChI=1S/C28H28N4O2/c1-34-22-8-5-19(6-9-22)17-32-26-10-7-21(23-3-2-4-24(27(23)26)28(32)33)18-31-16-13-25(30-31)20-11-14-29-15-12-20/h2-10,13,16,20,29H,11-12,14-15,17-18H2,1H3. The number of anilines is 1. The first-order valence-electron chi connectivity index (χ1n) is 11.9. The Morgan fingerprint density at radius 2 is 1.82 bits per heavy atom. The van der Waals surface area contributed by atoms with E-state index in [0.717, 1.165) is 59.3 Å². The van der Waals surface area contributed by atoms with Crippen molar-refractivity contribution in [2.75, 3.05) is 25.1 Å². The van der Waals surface area contributed by atoms with Crippen LogP contribution in [0.15, 0.2) is 66.9 Å². The molecule has 6 rings (SSSR count). The number of aromatic nitrogens is 2. The topological polar surface area (TPSA) is 59.4 Å². The lowest BCUT2D eigenvalue weighted by atomic mass is 9.95. The van der Waals surface area contributed by atoms with Crippen LogP contribution in [0.1, 0.15) is 45.9 Å². The molecular weight excluding hydrogens is 424 g/mol. The average Bonchev–Trinajstić information content (AvgIpc) is 3.46. The molecule has 34 heavy (non-hydrogen) atoms. The van der Waals surface area contributed by atoms with Gasteiger partial charge in [0.1, 0.15) is 5.75 Å². The first-order chi connectivity index (χ1) is 16.7. The molecule has 0 atom stereocenters. The summed E-state index contributed by atoms with van der Waals surface area (Å²) in [6.07, 6.45) is 4.37. The highest BCUT2D eigenvalue weighted by Crippen LogP contribution is 2.40. The molecule has 1 fully saturated rings. The van der Waals surface area contributed by atoms with E-state index in [2.05, 4.69) is 35.8 Å². The summed E-state index contributed by atoms with van der Waals surface area (Å²) in [4.78, 5) is 15.2. The predicted octanol–water partition coefficient (Wildman–Crippen LogP) is 4.72. The second kappa shape index (κ2) is 8.61. The fourth-order valence-corrected chi connectivity index (χ4v) is 5.29. The average molecular weight is 453 g/mol. The van der Waals surface area contributed by atoms with Gasteiger partial charge in [-0.3, -0.25) is 9.48 Å². The molecule has 172 valence electrons. The highest BCUT2D eigenvalue weighted by molar-refractivity contribution is 6.25. The predicted molar refractivity (Wildman–Crippen MR) is 134 cm³/mol. The van der Waals surface area contributed by atoms with Crippen LogP contribution in [-0.2, 0) is 13.1 Å². The first kappa shape index (κ1) is 20.9. The Morgan fingerprint density at radius 1 is 1.00 bits per heavy atom. The van der Waals surface area contributed by atoms with Crippen LogP contribution in [-0.4, -0.2) is 35.9 Å². The highest BCUT2D eigenvalue weighted by atomic mass is 16.5. The molecule has 0 bridgehead atoms. The van der Waals surface area contributed by atoms with Gasteiger partial charge in [0.05, 0.1) is 31.6 Å². The van der Waals surface area contributed by atoms with Gasteiger partial charge in [0.25, 0.3) is 5.91 Å². The summed E-state index contributed by atoms with van der Waals surface area (Å²) in [7, 11) is 1.66. The van der Waals surface area contributed by atoms with Crippen LogP contribution in [0.25, 0.3) is 10.8 Å². The number of ether oxygens (including phenoxy) is 1. The van der Waals surface area contributed by atoms with Gasteiger partial charge in [-0.05, 0) is 72.8 Å². The summed E-state index contributed by atoms with van der Waals surface area (Å²) in [5, 5.41) is 10.5. The van der Waals surface area contributed by atoms with Gasteiger partial charge in [-0.25, -0.2) is 0 Å². The van der Waals surface area contributed by atoms with Gasteiger partial charge in [0, 0.05) is 23.1 Å². The summed E-state index contributed by atoms with van der Waals surface area (Å²) in [6, 6.07) is 20.3. The molecule has 0 radical (unpaired) electrons. The normalized spacial score (nSPS) is 15.9. The molecule has 1 aromatic heterocycles. The minimum Gasteiger partial charge on any atom is -0.497 e. The van der Waals surface area contributed by atoms with Gasteiger partial charge in [-0.2, -0.15) is 5.10 Å². The van der Waals surface area contributed by atoms with Crippen molar-refractivity contribution in [3.8, 4) is 5.75 Å². The van der Waals surface area contributed by atoms with Crippen molar-refractivity contribution in [2.24, 2.45) is 0 Å². The molecule has 1 amide bonds. The van der Waals surface area contributed by atoms with Crippen LogP contribution in [0.2, 0.25) is 0 Å². The number of methoxy groups -OCH3 is 1. The Kier molecular flexibility index (Phi) is 5.30. The van der Waals surface area contributed by atoms with E-state index in [1.807, 2.05) is 46.0 Å². The third-order valence-corrected chi connectivity index (χ3v) is 7.13. The van der Waals surface area contributed by atoms with Gasteiger partial charge in [-0.15, -0.1) is 0 Å². The smallest absolute Gasteiger partial charge is 0.259 e. The third kappa shape index (κ3) is 3.64. The maximum Gasteiger partial charge on any atom is 0.259 e. The molecule has 3 aromatic carbocycles.